The van der Waals surface area contributed by atoms with Crippen molar-refractivity contribution in [2.45, 2.75) is 13.8 Å². The Labute approximate surface area is 119 Å². The first kappa shape index (κ1) is 15.9. The molecule has 6 heteroatoms. The van der Waals surface area contributed by atoms with Crippen LogP contribution < -0.4 is 5.30 Å². The lowest BCUT2D eigenvalue weighted by molar-refractivity contribution is 0.205. The molecule has 0 heterocycles. The molecule has 0 bridgehead atoms. The van der Waals surface area contributed by atoms with Gasteiger partial charge in [0.2, 0.25) is 0 Å². The third kappa shape index (κ3) is 4.78. The first-order chi connectivity index (χ1) is 9.16. The van der Waals surface area contributed by atoms with Gasteiger partial charge in [-0.05, 0) is 49.0 Å². The van der Waals surface area contributed by atoms with E-state index in [1.807, 2.05) is 44.2 Å². The second-order valence-electron chi connectivity index (χ2n) is 3.45. The first-order valence-corrected chi connectivity index (χ1v) is 8.53. The molecule has 0 saturated carbocycles. The SMILES string of the molecule is C/C=C/C(=NOC)OP(=S)(OCC)c1ccccc1. The Hall–Kier alpha value is -1.16. The predicted octanol–water partition coefficient (Wildman–Crippen LogP) is 3.21. The van der Waals surface area contributed by atoms with Gasteiger partial charge in [-0.25, -0.2) is 0 Å². The van der Waals surface area contributed by atoms with Crippen LogP contribution in [0.3, 0.4) is 0 Å². The fourth-order valence-electron chi connectivity index (χ4n) is 1.37. The average molecular weight is 299 g/mol. The lowest BCUT2D eigenvalue weighted by Crippen LogP contribution is -2.13. The number of oxime groups is 1. The van der Waals surface area contributed by atoms with Gasteiger partial charge in [-0.15, -0.1) is 0 Å². The zero-order valence-corrected chi connectivity index (χ0v) is 13.0. The molecular weight excluding hydrogens is 281 g/mol. The maximum atomic E-state index is 5.79. The number of benzene rings is 1. The highest BCUT2D eigenvalue weighted by atomic mass is 32.5. The number of hydrogen-bond donors (Lipinski definition) is 0. The molecule has 0 fully saturated rings. The Morgan fingerprint density at radius 2 is 2.05 bits per heavy atom. The summed E-state index contributed by atoms with van der Waals surface area (Å²) in [5.74, 6) is 0.311. The highest BCUT2D eigenvalue weighted by Gasteiger charge is 2.24. The summed E-state index contributed by atoms with van der Waals surface area (Å²) in [6, 6.07) is 9.53. The molecular formula is C13H18NO3PS. The third-order valence-corrected chi connectivity index (χ3v) is 5.20. The van der Waals surface area contributed by atoms with Gasteiger partial charge in [0, 0.05) is 5.30 Å². The molecule has 0 amide bonds. The van der Waals surface area contributed by atoms with E-state index in [2.05, 4.69) is 5.16 Å². The molecule has 1 aromatic carbocycles. The van der Waals surface area contributed by atoms with Crippen molar-refractivity contribution in [2.24, 2.45) is 5.16 Å². The summed E-state index contributed by atoms with van der Waals surface area (Å²) in [5.41, 5.74) is 0. The van der Waals surface area contributed by atoms with E-state index in [1.165, 1.54) is 7.11 Å². The molecule has 0 aliphatic heterocycles. The summed E-state index contributed by atoms with van der Waals surface area (Å²) >= 11 is 5.57. The molecule has 4 nitrogen and oxygen atoms in total. The van der Waals surface area contributed by atoms with Gasteiger partial charge in [0.15, 0.2) is 0 Å². The highest BCUT2D eigenvalue weighted by Crippen LogP contribution is 2.47. The van der Waals surface area contributed by atoms with E-state index in [1.54, 1.807) is 12.2 Å². The monoisotopic (exact) mass is 299 g/mol. The van der Waals surface area contributed by atoms with Crippen molar-refractivity contribution < 1.29 is 13.9 Å². The number of hydrogen-bond acceptors (Lipinski definition) is 5. The van der Waals surface area contributed by atoms with Crippen molar-refractivity contribution in [3.05, 3.63) is 42.5 Å². The van der Waals surface area contributed by atoms with Gasteiger partial charge in [-0.1, -0.05) is 24.3 Å². The van der Waals surface area contributed by atoms with E-state index in [0.29, 0.717) is 12.5 Å². The van der Waals surface area contributed by atoms with Crippen LogP contribution in [0.1, 0.15) is 13.8 Å². The molecule has 0 saturated heterocycles. The van der Waals surface area contributed by atoms with E-state index in [9.17, 15) is 0 Å². The lowest BCUT2D eigenvalue weighted by Gasteiger charge is -2.22. The van der Waals surface area contributed by atoms with E-state index in [4.69, 9.17) is 25.7 Å². The minimum atomic E-state index is -2.62. The van der Waals surface area contributed by atoms with Crippen molar-refractivity contribution in [2.75, 3.05) is 13.7 Å². The molecule has 1 rings (SSSR count). The van der Waals surface area contributed by atoms with Crippen molar-refractivity contribution in [1.82, 2.24) is 0 Å². The van der Waals surface area contributed by atoms with E-state index in [0.717, 1.165) is 5.30 Å². The van der Waals surface area contributed by atoms with E-state index < -0.39 is 6.49 Å². The van der Waals surface area contributed by atoms with Crippen LogP contribution in [0.4, 0.5) is 0 Å². The second-order valence-corrected chi connectivity index (χ2v) is 6.85. The Morgan fingerprint density at radius 3 is 2.58 bits per heavy atom. The second kappa shape index (κ2) is 8.10. The van der Waals surface area contributed by atoms with Crippen LogP contribution in [0.2, 0.25) is 0 Å². The molecule has 1 atom stereocenters. The van der Waals surface area contributed by atoms with Crippen molar-refractivity contribution >= 4 is 29.5 Å². The van der Waals surface area contributed by atoms with E-state index >= 15 is 0 Å². The Bertz CT molecular complexity index is 488. The average Bonchev–Trinajstić information content (AvgIpc) is 2.40. The third-order valence-electron chi connectivity index (χ3n) is 2.08. The predicted molar refractivity (Wildman–Crippen MR) is 82.3 cm³/mol. The maximum absolute atomic E-state index is 5.79. The topological polar surface area (TPSA) is 40.0 Å². The first-order valence-electron chi connectivity index (χ1n) is 5.90. The van der Waals surface area contributed by atoms with Gasteiger partial charge in [0.25, 0.3) is 12.4 Å². The zero-order valence-electron chi connectivity index (χ0n) is 11.3. The molecule has 1 unspecified atom stereocenters. The molecule has 19 heavy (non-hydrogen) atoms. The summed E-state index contributed by atoms with van der Waals surface area (Å²) in [5, 5.41) is 4.64. The summed E-state index contributed by atoms with van der Waals surface area (Å²) in [6.07, 6.45) is 3.49. The smallest absolute Gasteiger partial charge is 0.270 e. The van der Waals surface area contributed by atoms with Gasteiger partial charge >= 0.3 is 0 Å². The molecule has 0 aliphatic rings. The molecule has 0 aliphatic carbocycles. The minimum Gasteiger partial charge on any atom is -0.419 e. The molecule has 1 aromatic rings. The number of allylic oxidation sites excluding steroid dienone is 1. The van der Waals surface area contributed by atoms with Crippen LogP contribution in [0.25, 0.3) is 0 Å². The summed E-state index contributed by atoms with van der Waals surface area (Å²) in [4.78, 5) is 4.74. The Kier molecular flexibility index (Phi) is 6.78. The summed E-state index contributed by atoms with van der Waals surface area (Å²) in [7, 11) is 1.46. The number of nitrogens with zero attached hydrogens (tertiary/aromatic N) is 1. The van der Waals surface area contributed by atoms with Gasteiger partial charge < -0.3 is 13.9 Å². The molecule has 0 N–H and O–H groups in total. The standard InChI is InChI=1S/C13H18NO3PS/c1-4-9-13(14-15-3)17-18(19,16-5-2)12-10-7-6-8-11-12/h4,6-11H,5H2,1-3H3/b9-4+,14-13?. The Balaban J connectivity index is 3.07. The van der Waals surface area contributed by atoms with Crippen molar-refractivity contribution in [3.8, 4) is 0 Å². The molecule has 0 aromatic heterocycles. The number of rotatable bonds is 6. The highest BCUT2D eigenvalue weighted by molar-refractivity contribution is 8.13. The van der Waals surface area contributed by atoms with Gasteiger partial charge in [0.05, 0.1) is 6.61 Å². The van der Waals surface area contributed by atoms with Crippen molar-refractivity contribution in [3.63, 3.8) is 0 Å². The minimum absolute atomic E-state index is 0.311. The molecule has 0 radical (unpaired) electrons. The van der Waals surface area contributed by atoms with Crippen LogP contribution in [0, 0.1) is 0 Å². The molecule has 104 valence electrons. The summed E-state index contributed by atoms with van der Waals surface area (Å²) < 4.78 is 11.5. The fourth-order valence-corrected chi connectivity index (χ4v) is 3.80. The maximum Gasteiger partial charge on any atom is 0.270 e. The van der Waals surface area contributed by atoms with Crippen LogP contribution in [0.15, 0.2) is 47.6 Å². The normalized spacial score (nSPS) is 15.2. The molecule has 0 spiro atoms. The van der Waals surface area contributed by atoms with Crippen LogP contribution in [-0.4, -0.2) is 19.6 Å². The lowest BCUT2D eigenvalue weighted by atomic mass is 10.4. The van der Waals surface area contributed by atoms with Gasteiger partial charge in [-0.3, -0.25) is 0 Å². The summed E-state index contributed by atoms with van der Waals surface area (Å²) in [6.45, 7) is 1.61. The van der Waals surface area contributed by atoms with E-state index in [-0.39, 0.29) is 0 Å². The zero-order chi connectivity index (χ0) is 14.1. The van der Waals surface area contributed by atoms with Crippen LogP contribution in [0.5, 0.6) is 0 Å². The van der Waals surface area contributed by atoms with Gasteiger partial charge in [0.1, 0.15) is 7.11 Å². The van der Waals surface area contributed by atoms with Crippen molar-refractivity contribution in [1.29, 1.82) is 0 Å². The van der Waals surface area contributed by atoms with Gasteiger partial charge in [-0.2, -0.15) is 0 Å². The van der Waals surface area contributed by atoms with Crippen LogP contribution >= 0.6 is 6.49 Å². The quantitative estimate of drug-likeness (QED) is 0.350. The largest absolute Gasteiger partial charge is 0.419 e. The Morgan fingerprint density at radius 1 is 1.37 bits per heavy atom. The van der Waals surface area contributed by atoms with Crippen LogP contribution in [-0.2, 0) is 25.7 Å². The fraction of sp³-hybridized carbons (Fsp3) is 0.308.